The first-order chi connectivity index (χ1) is 6.79. The summed E-state index contributed by atoms with van der Waals surface area (Å²) in [4.78, 5) is 0. The van der Waals surface area contributed by atoms with Crippen LogP contribution in [0.25, 0.3) is 0 Å². The van der Waals surface area contributed by atoms with E-state index in [1.165, 1.54) is 18.2 Å². The lowest BCUT2D eigenvalue weighted by molar-refractivity contribution is 0.606. The Kier molecular flexibility index (Phi) is 3.34. The van der Waals surface area contributed by atoms with Gasteiger partial charge >= 0.3 is 0 Å². The number of hydrogen-bond donors (Lipinski definition) is 1. The van der Waals surface area contributed by atoms with Crippen LogP contribution in [0.5, 0.6) is 0 Å². The van der Waals surface area contributed by atoms with Crippen LogP contribution in [0.4, 0.5) is 10.1 Å². The van der Waals surface area contributed by atoms with Crippen LogP contribution >= 0.6 is 0 Å². The van der Waals surface area contributed by atoms with Crippen LogP contribution in [0.3, 0.4) is 0 Å². The van der Waals surface area contributed by atoms with Gasteiger partial charge in [-0.1, -0.05) is 13.8 Å². The van der Waals surface area contributed by atoms with E-state index in [1.807, 2.05) is 13.8 Å². The molecule has 0 heterocycles. The first-order valence-corrected chi connectivity index (χ1v) is 6.46. The summed E-state index contributed by atoms with van der Waals surface area (Å²) in [6.45, 7) is 3.75. The smallest absolute Gasteiger partial charge is 0.229 e. The van der Waals surface area contributed by atoms with Crippen LogP contribution in [0, 0.1) is 5.82 Å². The summed E-state index contributed by atoms with van der Waals surface area (Å²) in [6, 6.07) is 4.02. The average Bonchev–Trinajstić information content (AvgIpc) is 2.05. The van der Waals surface area contributed by atoms with Crippen molar-refractivity contribution in [3.63, 3.8) is 0 Å². The predicted octanol–water partition coefficient (Wildman–Crippen LogP) is 2.32. The molecular formula is C10H14FNO2S. The van der Waals surface area contributed by atoms with Crippen molar-refractivity contribution in [1.29, 1.82) is 0 Å². The van der Waals surface area contributed by atoms with Crippen molar-refractivity contribution in [2.45, 2.75) is 19.8 Å². The Morgan fingerprint density at radius 1 is 1.33 bits per heavy atom. The van der Waals surface area contributed by atoms with Gasteiger partial charge in [-0.2, -0.15) is 0 Å². The van der Waals surface area contributed by atoms with Gasteiger partial charge in [-0.3, -0.25) is 4.72 Å². The Labute approximate surface area is 89.4 Å². The van der Waals surface area contributed by atoms with Gasteiger partial charge in [0.15, 0.2) is 0 Å². The summed E-state index contributed by atoms with van der Waals surface area (Å²) < 4.78 is 37.4. The van der Waals surface area contributed by atoms with Gasteiger partial charge in [-0.05, 0) is 29.7 Å². The lowest BCUT2D eigenvalue weighted by Crippen LogP contribution is -2.11. The maximum absolute atomic E-state index is 13.0. The molecule has 0 aliphatic carbocycles. The van der Waals surface area contributed by atoms with Gasteiger partial charge in [0, 0.05) is 0 Å². The molecular weight excluding hydrogens is 217 g/mol. The second kappa shape index (κ2) is 4.18. The van der Waals surface area contributed by atoms with Crippen molar-refractivity contribution in [3.05, 3.63) is 29.6 Å². The summed E-state index contributed by atoms with van der Waals surface area (Å²) in [6.07, 6.45) is 1.07. The average molecular weight is 231 g/mol. The number of halogens is 1. The van der Waals surface area contributed by atoms with Crippen molar-refractivity contribution in [2.24, 2.45) is 0 Å². The molecule has 0 spiro atoms. The van der Waals surface area contributed by atoms with Crippen molar-refractivity contribution < 1.29 is 12.8 Å². The normalized spacial score (nSPS) is 11.8. The highest BCUT2D eigenvalue weighted by atomic mass is 32.2. The SMILES string of the molecule is CC(C)c1cc(F)ccc1NS(C)(=O)=O. The first-order valence-electron chi connectivity index (χ1n) is 4.57. The molecule has 0 aliphatic heterocycles. The monoisotopic (exact) mass is 231 g/mol. The van der Waals surface area contributed by atoms with Crippen LogP contribution in [0.1, 0.15) is 25.3 Å². The quantitative estimate of drug-likeness (QED) is 0.867. The van der Waals surface area contributed by atoms with E-state index < -0.39 is 10.0 Å². The highest BCUT2D eigenvalue weighted by molar-refractivity contribution is 7.92. The molecule has 0 aliphatic rings. The van der Waals surface area contributed by atoms with E-state index in [0.717, 1.165) is 6.26 Å². The second-order valence-corrected chi connectivity index (χ2v) is 5.51. The Morgan fingerprint density at radius 2 is 1.93 bits per heavy atom. The van der Waals surface area contributed by atoms with E-state index in [-0.39, 0.29) is 11.7 Å². The Bertz CT molecular complexity index is 454. The molecule has 1 rings (SSSR count). The van der Waals surface area contributed by atoms with E-state index in [0.29, 0.717) is 11.3 Å². The minimum atomic E-state index is -3.32. The van der Waals surface area contributed by atoms with Gasteiger partial charge in [0.2, 0.25) is 10.0 Å². The predicted molar refractivity (Wildman–Crippen MR) is 59.0 cm³/mol. The Morgan fingerprint density at radius 3 is 2.40 bits per heavy atom. The van der Waals surface area contributed by atoms with Crippen LogP contribution in [-0.4, -0.2) is 14.7 Å². The molecule has 0 saturated carbocycles. The molecule has 0 amide bonds. The lowest BCUT2D eigenvalue weighted by atomic mass is 10.0. The van der Waals surface area contributed by atoms with Crippen molar-refractivity contribution in [1.82, 2.24) is 0 Å². The number of benzene rings is 1. The standard InChI is InChI=1S/C10H14FNO2S/c1-7(2)9-6-8(11)4-5-10(9)12-15(3,13)14/h4-7,12H,1-3H3. The fourth-order valence-electron chi connectivity index (χ4n) is 1.30. The summed E-state index contributed by atoms with van der Waals surface area (Å²) in [7, 11) is -3.32. The third-order valence-corrected chi connectivity index (χ3v) is 2.52. The molecule has 0 unspecified atom stereocenters. The molecule has 3 nitrogen and oxygen atoms in total. The molecule has 0 radical (unpaired) electrons. The second-order valence-electron chi connectivity index (χ2n) is 3.76. The van der Waals surface area contributed by atoms with Gasteiger partial charge in [0.1, 0.15) is 5.82 Å². The Balaban J connectivity index is 3.18. The summed E-state index contributed by atoms with van der Waals surface area (Å²) >= 11 is 0. The fourth-order valence-corrected chi connectivity index (χ4v) is 1.89. The maximum atomic E-state index is 13.0. The molecule has 0 aromatic heterocycles. The van der Waals surface area contributed by atoms with Gasteiger partial charge in [0.25, 0.3) is 0 Å². The lowest BCUT2D eigenvalue weighted by Gasteiger charge is -2.13. The number of sulfonamides is 1. The number of anilines is 1. The molecule has 1 aromatic rings. The van der Waals surface area contributed by atoms with E-state index in [2.05, 4.69) is 4.72 Å². The molecule has 0 atom stereocenters. The molecule has 5 heteroatoms. The third kappa shape index (κ3) is 3.51. The number of nitrogens with one attached hydrogen (secondary N) is 1. The van der Waals surface area contributed by atoms with Gasteiger partial charge in [-0.25, -0.2) is 12.8 Å². The highest BCUT2D eigenvalue weighted by Crippen LogP contribution is 2.25. The summed E-state index contributed by atoms with van der Waals surface area (Å²) in [5, 5.41) is 0. The van der Waals surface area contributed by atoms with E-state index in [9.17, 15) is 12.8 Å². The van der Waals surface area contributed by atoms with Crippen molar-refractivity contribution in [2.75, 3.05) is 11.0 Å². The molecule has 0 bridgehead atoms. The highest BCUT2D eigenvalue weighted by Gasteiger charge is 2.11. The Hall–Kier alpha value is -1.10. The van der Waals surface area contributed by atoms with E-state index in [4.69, 9.17) is 0 Å². The molecule has 84 valence electrons. The minimum Gasteiger partial charge on any atom is -0.283 e. The zero-order valence-corrected chi connectivity index (χ0v) is 9.73. The van der Waals surface area contributed by atoms with Gasteiger partial charge in [-0.15, -0.1) is 0 Å². The van der Waals surface area contributed by atoms with E-state index in [1.54, 1.807) is 0 Å². The number of rotatable bonds is 3. The van der Waals surface area contributed by atoms with Gasteiger partial charge in [0.05, 0.1) is 11.9 Å². The molecule has 15 heavy (non-hydrogen) atoms. The maximum Gasteiger partial charge on any atom is 0.229 e. The molecule has 1 aromatic carbocycles. The summed E-state index contributed by atoms with van der Waals surface area (Å²) in [5.74, 6) is -0.303. The van der Waals surface area contributed by atoms with Crippen molar-refractivity contribution >= 4 is 15.7 Å². The van der Waals surface area contributed by atoms with Crippen LogP contribution in [0.15, 0.2) is 18.2 Å². The van der Waals surface area contributed by atoms with Crippen LogP contribution in [-0.2, 0) is 10.0 Å². The minimum absolute atomic E-state index is 0.0601. The zero-order chi connectivity index (χ0) is 11.6. The first kappa shape index (κ1) is 12.0. The van der Waals surface area contributed by atoms with Crippen LogP contribution in [0.2, 0.25) is 0 Å². The summed E-state index contributed by atoms with van der Waals surface area (Å²) in [5.41, 5.74) is 1.09. The van der Waals surface area contributed by atoms with Gasteiger partial charge < -0.3 is 0 Å². The topological polar surface area (TPSA) is 46.2 Å². The number of hydrogen-bond acceptors (Lipinski definition) is 2. The van der Waals surface area contributed by atoms with Crippen molar-refractivity contribution in [3.8, 4) is 0 Å². The molecule has 1 N–H and O–H groups in total. The fraction of sp³-hybridized carbons (Fsp3) is 0.400. The van der Waals surface area contributed by atoms with Crippen LogP contribution < -0.4 is 4.72 Å². The molecule has 0 saturated heterocycles. The third-order valence-electron chi connectivity index (χ3n) is 1.93. The van der Waals surface area contributed by atoms with E-state index >= 15 is 0 Å². The zero-order valence-electron chi connectivity index (χ0n) is 8.91. The largest absolute Gasteiger partial charge is 0.283 e. The molecule has 0 fully saturated rings.